The van der Waals surface area contributed by atoms with E-state index in [9.17, 15) is 0 Å². The zero-order valence-electron chi connectivity index (χ0n) is 11.5. The molecule has 0 bridgehead atoms. The number of benzene rings is 1. The maximum Gasteiger partial charge on any atom is 0.155 e. The van der Waals surface area contributed by atoms with Crippen LogP contribution >= 0.6 is 15.9 Å². The number of rotatable bonds is 4. The Kier molecular flexibility index (Phi) is 3.24. The van der Waals surface area contributed by atoms with Crippen molar-refractivity contribution in [3.63, 3.8) is 0 Å². The van der Waals surface area contributed by atoms with Crippen LogP contribution in [0, 0.1) is 0 Å². The van der Waals surface area contributed by atoms with Gasteiger partial charge in [-0.3, -0.25) is 4.40 Å². The topological polar surface area (TPSA) is 42.2 Å². The van der Waals surface area contributed by atoms with E-state index >= 15 is 0 Å². The summed E-state index contributed by atoms with van der Waals surface area (Å²) in [5.41, 5.74) is 5.02. The summed E-state index contributed by atoms with van der Waals surface area (Å²) in [5, 5.41) is 3.55. The van der Waals surface area contributed by atoms with E-state index in [2.05, 4.69) is 59.9 Å². The van der Waals surface area contributed by atoms with Crippen molar-refractivity contribution in [3.8, 4) is 0 Å². The molecule has 0 saturated heterocycles. The van der Waals surface area contributed by atoms with Crippen LogP contribution in [0.1, 0.15) is 22.7 Å². The molecule has 0 radical (unpaired) electrons. The van der Waals surface area contributed by atoms with Crippen LogP contribution in [0.5, 0.6) is 0 Å². The van der Waals surface area contributed by atoms with E-state index in [-0.39, 0.29) is 0 Å². The molecular formula is C16H15BrN4. The highest BCUT2D eigenvalue weighted by molar-refractivity contribution is 9.10. The van der Waals surface area contributed by atoms with E-state index in [1.165, 1.54) is 17.5 Å². The van der Waals surface area contributed by atoms with Crippen LogP contribution in [-0.4, -0.2) is 20.9 Å². The molecule has 1 aliphatic rings. The highest BCUT2D eigenvalue weighted by atomic mass is 79.9. The molecule has 1 aromatic carbocycles. The third kappa shape index (κ3) is 2.36. The summed E-state index contributed by atoms with van der Waals surface area (Å²) in [6, 6.07) is 8.70. The van der Waals surface area contributed by atoms with Crippen molar-refractivity contribution >= 4 is 21.6 Å². The molecule has 0 spiro atoms. The van der Waals surface area contributed by atoms with Crippen LogP contribution < -0.4 is 5.32 Å². The summed E-state index contributed by atoms with van der Waals surface area (Å²) in [4.78, 5) is 8.56. The van der Waals surface area contributed by atoms with Gasteiger partial charge in [-0.05, 0) is 33.5 Å². The quantitative estimate of drug-likeness (QED) is 0.792. The van der Waals surface area contributed by atoms with E-state index in [0.717, 1.165) is 29.0 Å². The van der Waals surface area contributed by atoms with E-state index in [4.69, 9.17) is 0 Å². The number of imidazole rings is 1. The van der Waals surface area contributed by atoms with E-state index in [0.29, 0.717) is 5.92 Å². The van der Waals surface area contributed by atoms with E-state index in [1.807, 2.05) is 12.4 Å². The minimum atomic E-state index is 0.647. The van der Waals surface area contributed by atoms with Crippen molar-refractivity contribution in [1.29, 1.82) is 0 Å². The molecule has 4 rings (SSSR count). The van der Waals surface area contributed by atoms with Gasteiger partial charge >= 0.3 is 0 Å². The number of hydrogen-bond acceptors (Lipinski definition) is 3. The van der Waals surface area contributed by atoms with E-state index < -0.39 is 0 Å². The van der Waals surface area contributed by atoms with Crippen LogP contribution in [0.25, 0.3) is 5.65 Å². The van der Waals surface area contributed by atoms with Crippen LogP contribution in [0.3, 0.4) is 0 Å². The van der Waals surface area contributed by atoms with Crippen LogP contribution in [-0.2, 0) is 13.0 Å². The van der Waals surface area contributed by atoms with Crippen molar-refractivity contribution in [2.45, 2.75) is 18.9 Å². The standard InChI is InChI=1S/C16H15BrN4/c17-15-10-21-13(8-20-16(21)9-19-15)7-18-6-12-5-11-3-1-2-4-14(11)12/h1-4,8-10,12,18H,5-7H2. The fourth-order valence-corrected chi connectivity index (χ4v) is 3.27. The molecule has 0 fully saturated rings. The Balaban J connectivity index is 1.42. The lowest BCUT2D eigenvalue weighted by Crippen LogP contribution is -2.29. The number of nitrogens with one attached hydrogen (secondary N) is 1. The zero-order chi connectivity index (χ0) is 14.2. The van der Waals surface area contributed by atoms with Gasteiger partial charge in [-0.2, -0.15) is 0 Å². The molecule has 1 N–H and O–H groups in total. The van der Waals surface area contributed by atoms with Crippen LogP contribution in [0.2, 0.25) is 0 Å². The van der Waals surface area contributed by atoms with Gasteiger partial charge in [0, 0.05) is 25.2 Å². The molecule has 0 amide bonds. The largest absolute Gasteiger partial charge is 0.311 e. The van der Waals surface area contributed by atoms with Gasteiger partial charge in [0.05, 0.1) is 18.1 Å². The highest BCUT2D eigenvalue weighted by Gasteiger charge is 2.24. The Morgan fingerprint density at radius 3 is 3.05 bits per heavy atom. The third-order valence-electron chi connectivity index (χ3n) is 4.10. The third-order valence-corrected chi connectivity index (χ3v) is 4.51. The Morgan fingerprint density at radius 2 is 2.14 bits per heavy atom. The number of halogens is 1. The van der Waals surface area contributed by atoms with Crippen molar-refractivity contribution in [2.24, 2.45) is 0 Å². The lowest BCUT2D eigenvalue weighted by atomic mass is 9.77. The Labute approximate surface area is 131 Å². The molecule has 0 saturated carbocycles. The van der Waals surface area contributed by atoms with Gasteiger partial charge in [0.25, 0.3) is 0 Å². The minimum Gasteiger partial charge on any atom is -0.311 e. The molecule has 21 heavy (non-hydrogen) atoms. The fraction of sp³-hybridized carbons (Fsp3) is 0.250. The van der Waals surface area contributed by atoms with Crippen molar-refractivity contribution in [2.75, 3.05) is 6.54 Å². The van der Waals surface area contributed by atoms with Crippen molar-refractivity contribution in [1.82, 2.24) is 19.7 Å². The van der Waals surface area contributed by atoms with Gasteiger partial charge in [0.15, 0.2) is 5.65 Å². The second kappa shape index (κ2) is 5.24. The maximum atomic E-state index is 4.37. The molecule has 106 valence electrons. The Hall–Kier alpha value is -1.72. The summed E-state index contributed by atoms with van der Waals surface area (Å²) in [7, 11) is 0. The van der Waals surface area contributed by atoms with Crippen LogP contribution in [0.15, 0.2) is 47.5 Å². The number of nitrogens with zero attached hydrogens (tertiary/aromatic N) is 3. The maximum absolute atomic E-state index is 4.37. The molecule has 0 aliphatic heterocycles. The first-order valence-corrected chi connectivity index (χ1v) is 7.86. The monoisotopic (exact) mass is 342 g/mol. The number of hydrogen-bond donors (Lipinski definition) is 1. The van der Waals surface area contributed by atoms with Gasteiger partial charge in [-0.1, -0.05) is 24.3 Å². The Bertz CT molecular complexity index is 796. The lowest BCUT2D eigenvalue weighted by molar-refractivity contribution is 0.531. The minimum absolute atomic E-state index is 0.647. The zero-order valence-corrected chi connectivity index (χ0v) is 13.0. The van der Waals surface area contributed by atoms with Crippen LogP contribution in [0.4, 0.5) is 0 Å². The first-order chi connectivity index (χ1) is 10.3. The Morgan fingerprint density at radius 1 is 1.24 bits per heavy atom. The van der Waals surface area contributed by atoms with E-state index in [1.54, 1.807) is 6.20 Å². The smallest absolute Gasteiger partial charge is 0.155 e. The van der Waals surface area contributed by atoms with Gasteiger partial charge in [-0.25, -0.2) is 9.97 Å². The molecule has 1 aliphatic carbocycles. The molecule has 5 heteroatoms. The van der Waals surface area contributed by atoms with Gasteiger partial charge in [-0.15, -0.1) is 0 Å². The summed E-state index contributed by atoms with van der Waals surface area (Å²) < 4.78 is 2.89. The first-order valence-electron chi connectivity index (χ1n) is 7.07. The molecule has 4 nitrogen and oxygen atoms in total. The predicted octanol–water partition coefficient (Wildman–Crippen LogP) is 2.92. The summed E-state index contributed by atoms with van der Waals surface area (Å²) in [6.45, 7) is 1.83. The fourth-order valence-electron chi connectivity index (χ4n) is 2.97. The summed E-state index contributed by atoms with van der Waals surface area (Å²) in [5.74, 6) is 0.647. The van der Waals surface area contributed by atoms with Crippen molar-refractivity contribution in [3.05, 3.63) is 64.3 Å². The average Bonchev–Trinajstić information content (AvgIpc) is 2.86. The lowest BCUT2D eigenvalue weighted by Gasteiger charge is -2.30. The van der Waals surface area contributed by atoms with Crippen molar-refractivity contribution < 1.29 is 0 Å². The van der Waals surface area contributed by atoms with Gasteiger partial charge in [0.2, 0.25) is 0 Å². The van der Waals surface area contributed by atoms with Gasteiger partial charge in [0.1, 0.15) is 4.60 Å². The second-order valence-electron chi connectivity index (χ2n) is 5.42. The van der Waals surface area contributed by atoms with Gasteiger partial charge < -0.3 is 5.32 Å². The predicted molar refractivity (Wildman–Crippen MR) is 85.3 cm³/mol. The molecule has 2 heterocycles. The number of aromatic nitrogens is 3. The average molecular weight is 343 g/mol. The molecule has 3 aromatic rings. The summed E-state index contributed by atoms with van der Waals surface area (Å²) >= 11 is 3.40. The normalized spacial score (nSPS) is 16.7. The number of fused-ring (bicyclic) bond motifs is 2. The highest BCUT2D eigenvalue weighted by Crippen LogP contribution is 2.34. The summed E-state index contributed by atoms with van der Waals surface area (Å²) in [6.07, 6.45) is 6.82. The SMILES string of the molecule is Brc1cn2c(CNCC3Cc4ccccc43)cnc2cn1. The molecule has 1 atom stereocenters. The second-order valence-corrected chi connectivity index (χ2v) is 6.23. The first kappa shape index (κ1) is 13.0. The molecule has 2 aromatic heterocycles. The molecular weight excluding hydrogens is 328 g/mol. The molecule has 1 unspecified atom stereocenters.